The third-order valence-corrected chi connectivity index (χ3v) is 7.43. The number of amides is 1. The molecule has 1 fully saturated rings. The molecule has 4 aromatic rings. The van der Waals surface area contributed by atoms with Crippen molar-refractivity contribution in [3.63, 3.8) is 0 Å². The molecule has 2 aromatic carbocycles. The van der Waals surface area contributed by atoms with Crippen LogP contribution in [0.25, 0.3) is 22.0 Å². The van der Waals surface area contributed by atoms with E-state index in [1.165, 1.54) is 12.8 Å². The monoisotopic (exact) mass is 513 g/mol. The maximum Gasteiger partial charge on any atom is 0.253 e. The molecule has 0 radical (unpaired) electrons. The molecule has 0 unspecified atom stereocenters. The topological polar surface area (TPSA) is 112 Å². The first-order valence-corrected chi connectivity index (χ1v) is 13.3. The minimum Gasteiger partial charge on any atom is -0.395 e. The minimum absolute atomic E-state index is 0.0912. The number of aliphatic hydroxyl groups excluding tert-OH is 1. The fraction of sp³-hybridized carbons (Fsp3) is 0.367. The number of rotatable bonds is 9. The molecule has 1 amide bonds. The summed E-state index contributed by atoms with van der Waals surface area (Å²) in [6, 6.07) is 14.5. The van der Waals surface area contributed by atoms with Gasteiger partial charge in [-0.15, -0.1) is 0 Å². The molecule has 198 valence electrons. The highest BCUT2D eigenvalue weighted by atomic mass is 16.3. The predicted octanol–water partition coefficient (Wildman–Crippen LogP) is 4.14. The van der Waals surface area contributed by atoms with Crippen LogP contribution in [0.2, 0.25) is 0 Å². The van der Waals surface area contributed by atoms with Crippen molar-refractivity contribution in [2.45, 2.75) is 58.7 Å². The third-order valence-electron chi connectivity index (χ3n) is 7.43. The lowest BCUT2D eigenvalue weighted by Gasteiger charge is -2.15. The molecule has 4 N–H and O–H groups in total. The Morgan fingerprint density at radius 2 is 1.92 bits per heavy atom. The Labute approximate surface area is 222 Å². The summed E-state index contributed by atoms with van der Waals surface area (Å²) >= 11 is 0. The number of aliphatic hydroxyl groups is 1. The molecule has 1 saturated carbocycles. The second-order valence-electron chi connectivity index (χ2n) is 10.2. The van der Waals surface area contributed by atoms with Gasteiger partial charge in [-0.05, 0) is 73.2 Å². The number of H-pyrrole nitrogens is 1. The van der Waals surface area contributed by atoms with E-state index in [0.717, 1.165) is 51.7 Å². The van der Waals surface area contributed by atoms with Crippen molar-refractivity contribution in [2.75, 3.05) is 13.2 Å². The van der Waals surface area contributed by atoms with Gasteiger partial charge >= 0.3 is 0 Å². The number of aromatic amines is 1. The number of hydrogen-bond donors (Lipinski definition) is 4. The summed E-state index contributed by atoms with van der Waals surface area (Å²) in [5.41, 5.74) is 6.57. The van der Waals surface area contributed by atoms with Crippen LogP contribution in [0.4, 0.5) is 0 Å². The van der Waals surface area contributed by atoms with Gasteiger partial charge in [-0.3, -0.25) is 14.3 Å². The summed E-state index contributed by atoms with van der Waals surface area (Å²) in [4.78, 5) is 28.9. The fourth-order valence-corrected chi connectivity index (χ4v) is 5.48. The average molecular weight is 514 g/mol. The number of carbonyl (C=O) groups is 1. The highest BCUT2D eigenvalue weighted by Crippen LogP contribution is 2.35. The van der Waals surface area contributed by atoms with Gasteiger partial charge in [0.15, 0.2) is 0 Å². The number of carbonyl (C=O) groups excluding carboxylic acids is 1. The number of aryl methyl sites for hydroxylation is 2. The number of hydrogen-bond acceptors (Lipinski definition) is 5. The zero-order valence-electron chi connectivity index (χ0n) is 22.0. The Hall–Kier alpha value is -3.75. The van der Waals surface area contributed by atoms with Gasteiger partial charge in [0.2, 0.25) is 0 Å². The predicted molar refractivity (Wildman–Crippen MR) is 149 cm³/mol. The van der Waals surface area contributed by atoms with Crippen LogP contribution in [0.1, 0.15) is 64.5 Å². The first kappa shape index (κ1) is 25.9. The van der Waals surface area contributed by atoms with E-state index in [-0.39, 0.29) is 24.6 Å². The number of pyridine rings is 1. The van der Waals surface area contributed by atoms with Crippen molar-refractivity contribution in [2.24, 2.45) is 0 Å². The van der Waals surface area contributed by atoms with Crippen LogP contribution in [-0.2, 0) is 13.1 Å². The summed E-state index contributed by atoms with van der Waals surface area (Å²) in [6.07, 6.45) is 6.35. The van der Waals surface area contributed by atoms with Gasteiger partial charge in [0.05, 0.1) is 29.9 Å². The van der Waals surface area contributed by atoms with E-state index in [4.69, 9.17) is 10.2 Å². The van der Waals surface area contributed by atoms with E-state index in [1.54, 1.807) is 6.20 Å². The van der Waals surface area contributed by atoms with Gasteiger partial charge in [-0.25, -0.2) is 0 Å². The van der Waals surface area contributed by atoms with Crippen LogP contribution in [0.3, 0.4) is 0 Å². The van der Waals surface area contributed by atoms with Gasteiger partial charge in [0.25, 0.3) is 11.5 Å². The van der Waals surface area contributed by atoms with Crippen LogP contribution in [-0.4, -0.2) is 38.9 Å². The summed E-state index contributed by atoms with van der Waals surface area (Å²) < 4.78 is 2.09. The molecule has 0 bridgehead atoms. The van der Waals surface area contributed by atoms with Crippen molar-refractivity contribution < 1.29 is 9.90 Å². The molecule has 0 saturated heterocycles. The molecule has 2 heterocycles. The van der Waals surface area contributed by atoms with Gasteiger partial charge in [-0.1, -0.05) is 31.0 Å². The maximum atomic E-state index is 13.6. The molecule has 8 nitrogen and oxygen atoms in total. The van der Waals surface area contributed by atoms with E-state index < -0.39 is 0 Å². The van der Waals surface area contributed by atoms with Crippen LogP contribution >= 0.6 is 0 Å². The zero-order chi connectivity index (χ0) is 26.6. The third kappa shape index (κ3) is 5.42. The lowest BCUT2D eigenvalue weighted by molar-refractivity contribution is 0.0952. The number of nitrogens with zero attached hydrogens (tertiary/aromatic N) is 2. The van der Waals surface area contributed by atoms with Crippen molar-refractivity contribution in [1.29, 1.82) is 0 Å². The number of nitrogens with one attached hydrogen (secondary N) is 3. The second-order valence-corrected chi connectivity index (χ2v) is 10.2. The quantitative estimate of drug-likeness (QED) is 0.252. The Kier molecular flexibility index (Phi) is 7.72. The van der Waals surface area contributed by atoms with Crippen LogP contribution < -0.4 is 16.2 Å². The molecule has 1 aliphatic carbocycles. The molecule has 38 heavy (non-hydrogen) atoms. The van der Waals surface area contributed by atoms with Crippen LogP contribution in [0.15, 0.2) is 53.5 Å². The summed E-state index contributed by atoms with van der Waals surface area (Å²) in [6.45, 7) is 5.15. The molecule has 2 aromatic heterocycles. The maximum absolute atomic E-state index is 13.6. The molecule has 0 spiro atoms. The molecule has 1 aliphatic rings. The van der Waals surface area contributed by atoms with Crippen LogP contribution in [0.5, 0.6) is 0 Å². The number of aromatic nitrogens is 3. The Bertz CT molecular complexity index is 1510. The summed E-state index contributed by atoms with van der Waals surface area (Å²) in [7, 11) is 0. The summed E-state index contributed by atoms with van der Waals surface area (Å²) in [5, 5.41) is 20.8. The van der Waals surface area contributed by atoms with E-state index in [2.05, 4.69) is 32.4 Å². The van der Waals surface area contributed by atoms with Crippen molar-refractivity contribution in [3.05, 3.63) is 87.0 Å². The lowest BCUT2D eigenvalue weighted by atomic mass is 9.98. The van der Waals surface area contributed by atoms with E-state index in [1.807, 2.05) is 44.2 Å². The SMILES string of the molecule is Cc1cc(C)c(CNC(=O)c2cc(-c3cccc(CNCCO)c3)cc3c2cnn3C2CCCC2)c(=O)[nH]1. The largest absolute Gasteiger partial charge is 0.395 e. The highest BCUT2D eigenvalue weighted by Gasteiger charge is 2.23. The van der Waals surface area contributed by atoms with E-state index >= 15 is 0 Å². The average Bonchev–Trinajstić information content (AvgIpc) is 3.58. The second kappa shape index (κ2) is 11.3. The summed E-state index contributed by atoms with van der Waals surface area (Å²) in [5.74, 6) is -0.233. The normalized spacial score (nSPS) is 13.9. The van der Waals surface area contributed by atoms with Gasteiger partial charge in [0.1, 0.15) is 0 Å². The van der Waals surface area contributed by atoms with Crippen molar-refractivity contribution in [3.8, 4) is 11.1 Å². The first-order chi connectivity index (χ1) is 18.4. The molecular formula is C30H35N5O3. The molecule has 0 atom stereocenters. The molecule has 8 heteroatoms. The molecular weight excluding hydrogens is 478 g/mol. The minimum atomic E-state index is -0.233. The standard InChI is InChI=1S/C30H35N5O3/c1-19-12-20(2)34-30(38)26(19)17-32-29(37)25-14-23(22-7-5-6-21(13-22)16-31-10-11-36)15-28-27(25)18-33-35(28)24-8-3-4-9-24/h5-7,12-15,18,24,31,36H,3-4,8-11,16-17H2,1-2H3,(H,32,37)(H,34,38). The molecule has 0 aliphatic heterocycles. The zero-order valence-corrected chi connectivity index (χ0v) is 22.0. The van der Waals surface area contributed by atoms with Crippen molar-refractivity contribution in [1.82, 2.24) is 25.4 Å². The van der Waals surface area contributed by atoms with Gasteiger partial charge in [-0.2, -0.15) is 5.10 Å². The van der Waals surface area contributed by atoms with Crippen molar-refractivity contribution >= 4 is 16.8 Å². The Morgan fingerprint density at radius 1 is 1.11 bits per heavy atom. The number of benzene rings is 2. The highest BCUT2D eigenvalue weighted by molar-refractivity contribution is 6.08. The smallest absolute Gasteiger partial charge is 0.253 e. The first-order valence-electron chi connectivity index (χ1n) is 13.3. The Balaban J connectivity index is 1.52. The molecule has 5 rings (SSSR count). The van der Waals surface area contributed by atoms with E-state index in [0.29, 0.717) is 30.3 Å². The van der Waals surface area contributed by atoms with E-state index in [9.17, 15) is 9.59 Å². The van der Waals surface area contributed by atoms with Crippen LogP contribution in [0, 0.1) is 13.8 Å². The Morgan fingerprint density at radius 3 is 2.68 bits per heavy atom. The fourth-order valence-electron chi connectivity index (χ4n) is 5.48. The van der Waals surface area contributed by atoms with Gasteiger partial charge < -0.3 is 20.7 Å². The van der Waals surface area contributed by atoms with Gasteiger partial charge in [0, 0.05) is 36.3 Å². The lowest BCUT2D eigenvalue weighted by Crippen LogP contribution is -2.28. The number of fused-ring (bicyclic) bond motifs is 1.